The van der Waals surface area contributed by atoms with E-state index in [0.717, 1.165) is 0 Å². The van der Waals surface area contributed by atoms with Crippen molar-refractivity contribution in [1.82, 2.24) is 0 Å². The highest BCUT2D eigenvalue weighted by Gasteiger charge is 2.10. The van der Waals surface area contributed by atoms with Crippen LogP contribution in [0.5, 0.6) is 5.75 Å². The zero-order valence-corrected chi connectivity index (χ0v) is 8.84. The molecule has 0 unspecified atom stereocenters. The molecule has 0 aliphatic rings. The summed E-state index contributed by atoms with van der Waals surface area (Å²) in [5, 5.41) is 0. The van der Waals surface area contributed by atoms with Crippen molar-refractivity contribution in [2.45, 2.75) is 13.8 Å². The van der Waals surface area contributed by atoms with Gasteiger partial charge >= 0.3 is 0 Å². The Morgan fingerprint density at radius 3 is 2.67 bits per heavy atom. The molecule has 0 radical (unpaired) electrons. The van der Waals surface area contributed by atoms with Gasteiger partial charge in [-0.15, -0.1) is 0 Å². The van der Waals surface area contributed by atoms with Crippen molar-refractivity contribution in [2.75, 3.05) is 6.61 Å². The van der Waals surface area contributed by atoms with Crippen LogP contribution < -0.4 is 4.74 Å². The van der Waals surface area contributed by atoms with Gasteiger partial charge < -0.3 is 4.74 Å². The van der Waals surface area contributed by atoms with Crippen molar-refractivity contribution in [3.8, 4) is 5.75 Å². The summed E-state index contributed by atoms with van der Waals surface area (Å²) in [6.07, 6.45) is 0. The van der Waals surface area contributed by atoms with E-state index in [1.807, 2.05) is 0 Å². The molecule has 1 rings (SSSR count). The van der Waals surface area contributed by atoms with E-state index < -0.39 is 5.82 Å². The Balaban J connectivity index is 3.01. The monoisotopic (exact) mass is 208 g/mol. The van der Waals surface area contributed by atoms with Crippen LogP contribution in [0.25, 0.3) is 0 Å². The fourth-order valence-corrected chi connectivity index (χ4v) is 1.16. The number of hydrogen-bond donors (Lipinski definition) is 0. The highest BCUT2D eigenvalue weighted by molar-refractivity contribution is 6.07. The zero-order valence-electron chi connectivity index (χ0n) is 8.84. The average molecular weight is 208 g/mol. The highest BCUT2D eigenvalue weighted by atomic mass is 19.1. The summed E-state index contributed by atoms with van der Waals surface area (Å²) in [5.41, 5.74) is 0.682. The van der Waals surface area contributed by atoms with Crippen LogP contribution in [0, 0.1) is 5.82 Å². The number of ether oxygens (including phenoxy) is 1. The minimum atomic E-state index is -0.524. The van der Waals surface area contributed by atoms with E-state index in [-0.39, 0.29) is 11.5 Å². The molecule has 0 heterocycles. The number of allylic oxidation sites excluding steroid dienone is 1. The lowest BCUT2D eigenvalue weighted by atomic mass is 10.1. The molecule has 3 heteroatoms. The van der Waals surface area contributed by atoms with Gasteiger partial charge in [-0.2, -0.15) is 0 Å². The molecule has 0 bridgehead atoms. The molecule has 0 saturated carbocycles. The third-order valence-electron chi connectivity index (χ3n) is 1.88. The Bertz CT molecular complexity index is 397. The van der Waals surface area contributed by atoms with Gasteiger partial charge in [0.2, 0.25) is 0 Å². The van der Waals surface area contributed by atoms with Gasteiger partial charge in [-0.1, -0.05) is 6.58 Å². The summed E-state index contributed by atoms with van der Waals surface area (Å²) in [6, 6.07) is 4.15. The van der Waals surface area contributed by atoms with Crippen molar-refractivity contribution >= 4 is 5.78 Å². The molecule has 2 nitrogen and oxygen atoms in total. The quantitative estimate of drug-likeness (QED) is 0.561. The van der Waals surface area contributed by atoms with E-state index >= 15 is 0 Å². The first-order valence-corrected chi connectivity index (χ1v) is 4.68. The lowest BCUT2D eigenvalue weighted by molar-refractivity contribution is 0.103. The molecule has 0 saturated heterocycles. The first-order chi connectivity index (χ1) is 7.06. The number of rotatable bonds is 4. The van der Waals surface area contributed by atoms with E-state index in [4.69, 9.17) is 4.74 Å². The predicted octanol–water partition coefficient (Wildman–Crippen LogP) is 2.98. The highest BCUT2D eigenvalue weighted by Crippen LogP contribution is 2.19. The zero-order chi connectivity index (χ0) is 11.4. The van der Waals surface area contributed by atoms with Gasteiger partial charge in [0.1, 0.15) is 0 Å². The van der Waals surface area contributed by atoms with Crippen LogP contribution in [-0.2, 0) is 0 Å². The molecule has 15 heavy (non-hydrogen) atoms. The molecule has 80 valence electrons. The second-order valence-corrected chi connectivity index (χ2v) is 3.19. The largest absolute Gasteiger partial charge is 0.491 e. The van der Waals surface area contributed by atoms with Crippen LogP contribution in [0.3, 0.4) is 0 Å². The van der Waals surface area contributed by atoms with Crippen molar-refractivity contribution in [3.63, 3.8) is 0 Å². The summed E-state index contributed by atoms with van der Waals surface area (Å²) in [5.74, 6) is -0.614. The second-order valence-electron chi connectivity index (χ2n) is 3.19. The Hall–Kier alpha value is -1.64. The molecule has 1 aromatic rings. The van der Waals surface area contributed by atoms with Crippen LogP contribution in [0.4, 0.5) is 4.39 Å². The van der Waals surface area contributed by atoms with Gasteiger partial charge in [0, 0.05) is 5.56 Å². The van der Waals surface area contributed by atoms with E-state index in [1.54, 1.807) is 13.8 Å². The molecule has 0 fully saturated rings. The number of Topliss-reactive ketones (excluding diaryl/α,β-unsaturated/α-hetero) is 1. The molecule has 1 aromatic carbocycles. The predicted molar refractivity (Wildman–Crippen MR) is 56.7 cm³/mol. The number of benzene rings is 1. The van der Waals surface area contributed by atoms with Crippen LogP contribution in [-0.4, -0.2) is 12.4 Å². The third kappa shape index (κ3) is 2.65. The standard InChI is InChI=1S/C12H13FO2/c1-4-15-11-6-5-9(7-10(11)13)12(14)8(2)3/h5-7H,2,4H2,1,3H3. The molecule has 0 atom stereocenters. The van der Waals surface area contributed by atoms with Gasteiger partial charge in [-0.3, -0.25) is 4.79 Å². The Morgan fingerprint density at radius 1 is 1.53 bits per heavy atom. The first kappa shape index (κ1) is 11.4. The van der Waals surface area contributed by atoms with Gasteiger partial charge in [-0.05, 0) is 37.6 Å². The first-order valence-electron chi connectivity index (χ1n) is 4.68. The number of halogens is 1. The fourth-order valence-electron chi connectivity index (χ4n) is 1.16. The Labute approximate surface area is 88.4 Å². The molecule has 0 amide bonds. The molecule has 0 aliphatic carbocycles. The van der Waals surface area contributed by atoms with Crippen molar-refractivity contribution in [3.05, 3.63) is 41.7 Å². The molecular formula is C12H13FO2. The van der Waals surface area contributed by atoms with Gasteiger partial charge in [0.15, 0.2) is 17.3 Å². The number of hydrogen-bond acceptors (Lipinski definition) is 2. The van der Waals surface area contributed by atoms with Crippen molar-refractivity contribution < 1.29 is 13.9 Å². The van der Waals surface area contributed by atoms with Gasteiger partial charge in [0.25, 0.3) is 0 Å². The number of carbonyl (C=O) groups is 1. The van der Waals surface area contributed by atoms with Crippen molar-refractivity contribution in [1.29, 1.82) is 0 Å². The van der Waals surface area contributed by atoms with Crippen molar-refractivity contribution in [2.24, 2.45) is 0 Å². The smallest absolute Gasteiger partial charge is 0.188 e. The third-order valence-corrected chi connectivity index (χ3v) is 1.88. The normalized spacial score (nSPS) is 9.80. The van der Waals surface area contributed by atoms with Crippen LogP contribution in [0.2, 0.25) is 0 Å². The number of carbonyl (C=O) groups excluding carboxylic acids is 1. The molecular weight excluding hydrogens is 195 g/mol. The minimum Gasteiger partial charge on any atom is -0.491 e. The maximum absolute atomic E-state index is 13.4. The van der Waals surface area contributed by atoms with E-state index in [0.29, 0.717) is 17.7 Å². The Morgan fingerprint density at radius 2 is 2.20 bits per heavy atom. The minimum absolute atomic E-state index is 0.163. The molecule has 0 aliphatic heterocycles. The average Bonchev–Trinajstić information content (AvgIpc) is 2.20. The molecule has 0 spiro atoms. The lowest BCUT2D eigenvalue weighted by Gasteiger charge is -2.06. The van der Waals surface area contributed by atoms with Gasteiger partial charge in [-0.25, -0.2) is 4.39 Å². The lowest BCUT2D eigenvalue weighted by Crippen LogP contribution is -2.01. The Kier molecular flexibility index (Phi) is 3.61. The number of ketones is 1. The van der Waals surface area contributed by atoms with Crippen LogP contribution in [0.1, 0.15) is 24.2 Å². The second kappa shape index (κ2) is 4.73. The van der Waals surface area contributed by atoms with Crippen LogP contribution in [0.15, 0.2) is 30.4 Å². The molecule has 0 aromatic heterocycles. The molecule has 0 N–H and O–H groups in total. The van der Waals surface area contributed by atoms with E-state index in [1.165, 1.54) is 18.2 Å². The topological polar surface area (TPSA) is 26.3 Å². The summed E-state index contributed by atoms with van der Waals surface area (Å²) < 4.78 is 18.4. The van der Waals surface area contributed by atoms with E-state index in [2.05, 4.69) is 6.58 Å². The van der Waals surface area contributed by atoms with Gasteiger partial charge in [0.05, 0.1) is 6.61 Å². The maximum Gasteiger partial charge on any atom is 0.188 e. The summed E-state index contributed by atoms with van der Waals surface area (Å²) in [6.45, 7) is 7.27. The fraction of sp³-hybridized carbons (Fsp3) is 0.250. The van der Waals surface area contributed by atoms with E-state index in [9.17, 15) is 9.18 Å². The summed E-state index contributed by atoms with van der Waals surface area (Å²) in [7, 11) is 0. The maximum atomic E-state index is 13.4. The summed E-state index contributed by atoms with van der Waals surface area (Å²) >= 11 is 0. The SMILES string of the molecule is C=C(C)C(=O)c1ccc(OCC)c(F)c1. The van der Waals surface area contributed by atoms with Crippen LogP contribution >= 0.6 is 0 Å². The summed E-state index contributed by atoms with van der Waals surface area (Å²) in [4.78, 5) is 11.5.